The number of carbonyl (C=O) groups excluding carboxylic acids is 1. The molecule has 1 fully saturated rings. The largest absolute Gasteiger partial charge is 0.496 e. The second-order valence-corrected chi connectivity index (χ2v) is 10.8. The predicted molar refractivity (Wildman–Crippen MR) is 134 cm³/mol. The van der Waals surface area contributed by atoms with Crippen molar-refractivity contribution in [1.29, 1.82) is 0 Å². The highest BCUT2D eigenvalue weighted by molar-refractivity contribution is 7.87. The van der Waals surface area contributed by atoms with Gasteiger partial charge in [-0.2, -0.15) is 12.7 Å². The quantitative estimate of drug-likeness (QED) is 0.509. The molecule has 2 heterocycles. The van der Waals surface area contributed by atoms with Crippen LogP contribution in [0.1, 0.15) is 41.0 Å². The average Bonchev–Trinajstić information content (AvgIpc) is 3.08. The molecule has 0 spiro atoms. The summed E-state index contributed by atoms with van der Waals surface area (Å²) >= 11 is 0. The molecule has 8 nitrogen and oxygen atoms in total. The normalized spacial score (nSPS) is 19.2. The van der Waals surface area contributed by atoms with Gasteiger partial charge in [0.1, 0.15) is 18.1 Å². The Balaban J connectivity index is 1.59. The summed E-state index contributed by atoms with van der Waals surface area (Å²) in [5, 5.41) is 3.11. The lowest BCUT2D eigenvalue weighted by molar-refractivity contribution is -0.676. The van der Waals surface area contributed by atoms with Gasteiger partial charge in [-0.1, -0.05) is 42.5 Å². The van der Waals surface area contributed by atoms with Crippen LogP contribution < -0.4 is 14.6 Å². The molecule has 9 heteroatoms. The van der Waals surface area contributed by atoms with Crippen LogP contribution in [0, 0.1) is 6.92 Å². The number of rotatable bonds is 7. The van der Waals surface area contributed by atoms with Crippen LogP contribution >= 0.6 is 0 Å². The summed E-state index contributed by atoms with van der Waals surface area (Å²) in [5.41, 5.74) is 1.19. The van der Waals surface area contributed by atoms with Gasteiger partial charge in [0.05, 0.1) is 19.7 Å². The summed E-state index contributed by atoms with van der Waals surface area (Å²) in [6.45, 7) is 2.98. The SMILES string of the molecule is COc1ccccc1C(=O)NCC1(c2ccccc2)CCCN(S(=O)(=O)n2cc[n+](C)c2C)CC1. The molecule has 3 aromatic rings. The van der Waals surface area contributed by atoms with Gasteiger partial charge in [0.2, 0.25) is 0 Å². The summed E-state index contributed by atoms with van der Waals surface area (Å²) in [7, 11) is -0.312. The maximum Gasteiger partial charge on any atom is 0.380 e. The van der Waals surface area contributed by atoms with Gasteiger partial charge < -0.3 is 10.1 Å². The van der Waals surface area contributed by atoms with Crippen LogP contribution in [0.15, 0.2) is 67.0 Å². The molecule has 1 aromatic heterocycles. The van der Waals surface area contributed by atoms with Gasteiger partial charge in [0.25, 0.3) is 11.7 Å². The number of methoxy groups -OCH3 is 1. The molecule has 4 rings (SSSR count). The topological polar surface area (TPSA) is 84.5 Å². The van der Waals surface area contributed by atoms with Crippen molar-refractivity contribution in [3.8, 4) is 5.75 Å². The van der Waals surface area contributed by atoms with Crippen molar-refractivity contribution in [3.05, 3.63) is 83.9 Å². The first-order valence-electron chi connectivity index (χ1n) is 11.8. The van der Waals surface area contributed by atoms with Gasteiger partial charge in [-0.25, -0.2) is 4.57 Å². The van der Waals surface area contributed by atoms with Crippen molar-refractivity contribution >= 4 is 16.1 Å². The molecule has 1 aliphatic heterocycles. The Morgan fingerprint density at radius 3 is 2.49 bits per heavy atom. The van der Waals surface area contributed by atoms with Crippen molar-refractivity contribution in [1.82, 2.24) is 13.6 Å². The number of hydrogen-bond donors (Lipinski definition) is 1. The molecule has 0 bridgehead atoms. The van der Waals surface area contributed by atoms with E-state index in [9.17, 15) is 13.2 Å². The van der Waals surface area contributed by atoms with Gasteiger partial charge in [0.15, 0.2) is 0 Å². The first kappa shape index (κ1) is 24.9. The fourth-order valence-corrected chi connectivity index (χ4v) is 6.44. The van der Waals surface area contributed by atoms with Gasteiger partial charge in [-0.15, -0.1) is 3.97 Å². The molecule has 186 valence electrons. The van der Waals surface area contributed by atoms with E-state index in [1.54, 1.807) is 47.4 Å². The molecule has 0 aliphatic carbocycles. The van der Waals surface area contributed by atoms with E-state index in [2.05, 4.69) is 17.4 Å². The van der Waals surface area contributed by atoms with Crippen LogP contribution in [0.25, 0.3) is 0 Å². The Morgan fingerprint density at radius 2 is 1.80 bits per heavy atom. The number of aromatic nitrogens is 2. The number of nitrogens with zero attached hydrogens (tertiary/aromatic N) is 3. The highest BCUT2D eigenvalue weighted by Crippen LogP contribution is 2.36. The number of para-hydroxylation sites is 1. The number of imidazole rings is 1. The summed E-state index contributed by atoms with van der Waals surface area (Å²) in [5.74, 6) is 0.960. The molecule has 1 N–H and O–H groups in total. The monoisotopic (exact) mass is 497 g/mol. The summed E-state index contributed by atoms with van der Waals surface area (Å²) in [4.78, 5) is 13.1. The summed E-state index contributed by atoms with van der Waals surface area (Å²) < 4.78 is 36.9. The Hall–Kier alpha value is -3.17. The van der Waals surface area contributed by atoms with Crippen molar-refractivity contribution in [2.24, 2.45) is 7.05 Å². The first-order chi connectivity index (χ1) is 16.8. The van der Waals surface area contributed by atoms with Crippen LogP contribution in [-0.2, 0) is 22.7 Å². The van der Waals surface area contributed by atoms with Gasteiger partial charge in [-0.05, 0) is 37.0 Å². The number of nitrogens with one attached hydrogen (secondary N) is 1. The fraction of sp³-hybridized carbons (Fsp3) is 0.385. The Labute approximate surface area is 207 Å². The average molecular weight is 498 g/mol. The van der Waals surface area contributed by atoms with E-state index in [-0.39, 0.29) is 11.3 Å². The Bertz CT molecular complexity index is 1290. The molecule has 35 heavy (non-hydrogen) atoms. The molecule has 1 saturated heterocycles. The smallest absolute Gasteiger partial charge is 0.380 e. The van der Waals surface area contributed by atoms with Gasteiger partial charge >= 0.3 is 10.2 Å². The number of ether oxygens (including phenoxy) is 1. The highest BCUT2D eigenvalue weighted by Gasteiger charge is 2.39. The standard InChI is InChI=1S/C26H32N4O4S/c1-21-28(2)18-19-30(21)35(32,33)29-16-9-14-26(15-17-29,22-10-5-4-6-11-22)20-27-25(31)23-12-7-8-13-24(23)34-3/h4-8,10-13,18-19H,9,14-17,20H2,1-3H3/p+1. The molecule has 0 radical (unpaired) electrons. The molecule has 0 saturated carbocycles. The third kappa shape index (κ3) is 4.97. The first-order valence-corrected chi connectivity index (χ1v) is 13.2. The minimum atomic E-state index is -3.69. The van der Waals surface area contributed by atoms with E-state index in [4.69, 9.17) is 4.74 Å². The number of amides is 1. The van der Waals surface area contributed by atoms with Crippen LogP contribution in [0.2, 0.25) is 0 Å². The minimum absolute atomic E-state index is 0.207. The van der Waals surface area contributed by atoms with E-state index >= 15 is 0 Å². The Morgan fingerprint density at radius 1 is 1.09 bits per heavy atom. The zero-order valence-electron chi connectivity index (χ0n) is 20.5. The molecular formula is C26H33N4O4S+. The molecule has 1 amide bonds. The molecular weight excluding hydrogens is 464 g/mol. The maximum absolute atomic E-state index is 13.4. The molecule has 2 aromatic carbocycles. The molecule has 1 atom stereocenters. The lowest BCUT2D eigenvalue weighted by Crippen LogP contribution is -2.43. The van der Waals surface area contributed by atoms with Crippen LogP contribution in [0.3, 0.4) is 0 Å². The van der Waals surface area contributed by atoms with Gasteiger partial charge in [-0.3, -0.25) is 4.79 Å². The fourth-order valence-electron chi connectivity index (χ4n) is 4.84. The van der Waals surface area contributed by atoms with E-state index in [1.807, 2.05) is 37.4 Å². The summed E-state index contributed by atoms with van der Waals surface area (Å²) in [6, 6.07) is 17.2. The second kappa shape index (κ2) is 10.2. The minimum Gasteiger partial charge on any atom is -0.496 e. The molecule has 1 unspecified atom stereocenters. The Kier molecular flexibility index (Phi) is 7.28. The highest BCUT2D eigenvalue weighted by atomic mass is 32.2. The lowest BCUT2D eigenvalue weighted by Gasteiger charge is -2.34. The summed E-state index contributed by atoms with van der Waals surface area (Å²) in [6.07, 6.45) is 5.37. The van der Waals surface area contributed by atoms with Crippen molar-refractivity contribution < 1.29 is 22.5 Å². The number of carbonyl (C=O) groups is 1. The number of aryl methyl sites for hydroxylation is 1. The van der Waals surface area contributed by atoms with E-state index in [0.29, 0.717) is 49.6 Å². The molecule has 1 aliphatic rings. The van der Waals surface area contributed by atoms with Gasteiger partial charge in [0, 0.05) is 32.0 Å². The zero-order valence-corrected chi connectivity index (χ0v) is 21.3. The van der Waals surface area contributed by atoms with Crippen molar-refractivity contribution in [2.45, 2.75) is 31.6 Å². The van der Waals surface area contributed by atoms with E-state index < -0.39 is 10.2 Å². The van der Waals surface area contributed by atoms with Crippen LogP contribution in [-0.4, -0.2) is 49.3 Å². The number of hydrogen-bond acceptors (Lipinski definition) is 4. The third-order valence-electron chi connectivity index (χ3n) is 7.06. The van der Waals surface area contributed by atoms with Crippen molar-refractivity contribution in [3.63, 3.8) is 0 Å². The van der Waals surface area contributed by atoms with E-state index in [0.717, 1.165) is 12.0 Å². The predicted octanol–water partition coefficient (Wildman–Crippen LogP) is 2.58. The van der Waals surface area contributed by atoms with E-state index in [1.165, 1.54) is 3.97 Å². The maximum atomic E-state index is 13.4. The number of benzene rings is 2. The lowest BCUT2D eigenvalue weighted by atomic mass is 9.74. The third-order valence-corrected chi connectivity index (χ3v) is 8.96. The van der Waals surface area contributed by atoms with Crippen LogP contribution in [0.4, 0.5) is 0 Å². The zero-order chi connectivity index (χ0) is 25.1. The van der Waals surface area contributed by atoms with Crippen LogP contribution in [0.5, 0.6) is 5.75 Å². The second-order valence-electron chi connectivity index (χ2n) is 9.04. The van der Waals surface area contributed by atoms with Crippen molar-refractivity contribution in [2.75, 3.05) is 26.7 Å².